The zero-order valence-corrected chi connectivity index (χ0v) is 20.8. The Labute approximate surface area is 207 Å². The lowest BCUT2D eigenvalue weighted by molar-refractivity contribution is 0.0526. The molecule has 0 fully saturated rings. The van der Waals surface area contributed by atoms with Crippen molar-refractivity contribution in [3.05, 3.63) is 102 Å². The van der Waals surface area contributed by atoms with Gasteiger partial charge < -0.3 is 4.74 Å². The lowest BCUT2D eigenvalue weighted by atomic mass is 10.1. The minimum atomic E-state index is -0.395. The molecule has 5 nitrogen and oxygen atoms in total. The summed E-state index contributed by atoms with van der Waals surface area (Å²) in [6.45, 7) is 2.07. The average molecular weight is 601 g/mol. The zero-order chi connectivity index (χ0) is 22.7. The van der Waals surface area contributed by atoms with Crippen molar-refractivity contribution in [3.63, 3.8) is 0 Å². The summed E-state index contributed by atoms with van der Waals surface area (Å²) in [7, 11) is 0. The first-order valence-corrected chi connectivity index (χ1v) is 11.8. The summed E-state index contributed by atoms with van der Waals surface area (Å²) in [5.74, 6) is 0.100. The molecule has 0 aliphatic rings. The van der Waals surface area contributed by atoms with Crippen molar-refractivity contribution in [3.8, 4) is 5.69 Å². The van der Waals surface area contributed by atoms with E-state index in [4.69, 9.17) is 9.72 Å². The van der Waals surface area contributed by atoms with Gasteiger partial charge in [-0.1, -0.05) is 34.1 Å². The van der Waals surface area contributed by atoms with E-state index in [-0.39, 0.29) is 5.56 Å². The first-order valence-electron chi connectivity index (χ1n) is 9.90. The Kier molecular flexibility index (Phi) is 6.86. The molecular weight excluding hydrogens is 583 g/mol. The predicted molar refractivity (Wildman–Crippen MR) is 139 cm³/mol. The Morgan fingerprint density at radius 3 is 2.47 bits per heavy atom. The number of nitrogens with zero attached hydrogens (tertiary/aromatic N) is 2. The van der Waals surface area contributed by atoms with Crippen molar-refractivity contribution in [2.24, 2.45) is 0 Å². The van der Waals surface area contributed by atoms with Crippen LogP contribution in [-0.2, 0) is 4.74 Å². The van der Waals surface area contributed by atoms with Gasteiger partial charge in [0.2, 0.25) is 0 Å². The first kappa shape index (κ1) is 22.4. The molecule has 7 heteroatoms. The van der Waals surface area contributed by atoms with E-state index in [1.54, 1.807) is 35.8 Å². The topological polar surface area (TPSA) is 61.2 Å². The molecule has 1 heterocycles. The molecule has 0 aliphatic carbocycles. The standard InChI is InChI=1S/C25H18BrIN2O3/c1-2-32-25(31)17-6-11-20(12-7-17)29-23(14-5-16-3-8-18(26)9-4-16)28-22-13-10-19(27)15-21(22)24(29)30/h3-15H,2H2,1H3/b14-5+. The molecule has 4 rings (SSSR count). The van der Waals surface area contributed by atoms with Gasteiger partial charge in [-0.05, 0) is 95.8 Å². The van der Waals surface area contributed by atoms with Crippen LogP contribution in [0.15, 0.2) is 76.0 Å². The van der Waals surface area contributed by atoms with Crippen LogP contribution in [0.4, 0.5) is 0 Å². The van der Waals surface area contributed by atoms with Gasteiger partial charge in [-0.2, -0.15) is 0 Å². The van der Waals surface area contributed by atoms with Crippen LogP contribution in [0.1, 0.15) is 28.7 Å². The molecule has 0 unspecified atom stereocenters. The van der Waals surface area contributed by atoms with Gasteiger partial charge in [-0.15, -0.1) is 0 Å². The molecule has 0 saturated heterocycles. The number of hydrogen-bond donors (Lipinski definition) is 0. The van der Waals surface area contributed by atoms with E-state index in [9.17, 15) is 9.59 Å². The second kappa shape index (κ2) is 9.79. The molecular formula is C25H18BrIN2O3. The van der Waals surface area contributed by atoms with E-state index in [0.29, 0.717) is 34.6 Å². The summed E-state index contributed by atoms with van der Waals surface area (Å²) in [5, 5.41) is 0.534. The molecule has 32 heavy (non-hydrogen) atoms. The van der Waals surface area contributed by atoms with Crippen LogP contribution in [0.2, 0.25) is 0 Å². The summed E-state index contributed by atoms with van der Waals surface area (Å²) in [6.07, 6.45) is 3.73. The van der Waals surface area contributed by atoms with Crippen LogP contribution in [0.3, 0.4) is 0 Å². The summed E-state index contributed by atoms with van der Waals surface area (Å²) >= 11 is 5.62. The minimum absolute atomic E-state index is 0.173. The fourth-order valence-corrected chi connectivity index (χ4v) is 4.00. The van der Waals surface area contributed by atoms with Crippen molar-refractivity contribution < 1.29 is 9.53 Å². The van der Waals surface area contributed by atoms with Crippen LogP contribution in [-0.4, -0.2) is 22.1 Å². The third-order valence-electron chi connectivity index (χ3n) is 4.79. The fourth-order valence-electron chi connectivity index (χ4n) is 3.24. The van der Waals surface area contributed by atoms with E-state index in [1.165, 1.54) is 0 Å². The van der Waals surface area contributed by atoms with Gasteiger partial charge in [-0.25, -0.2) is 9.78 Å². The molecule has 0 aliphatic heterocycles. The molecule has 0 radical (unpaired) electrons. The molecule has 0 spiro atoms. The van der Waals surface area contributed by atoms with E-state index in [0.717, 1.165) is 13.6 Å². The second-order valence-electron chi connectivity index (χ2n) is 6.92. The van der Waals surface area contributed by atoms with Gasteiger partial charge in [0, 0.05) is 8.04 Å². The molecule has 4 aromatic rings. The highest BCUT2D eigenvalue weighted by atomic mass is 127. The Bertz CT molecular complexity index is 1380. The number of ether oxygens (including phenoxy) is 1. The van der Waals surface area contributed by atoms with Crippen molar-refractivity contribution in [1.82, 2.24) is 9.55 Å². The number of fused-ring (bicyclic) bond motifs is 1. The van der Waals surface area contributed by atoms with E-state index in [2.05, 4.69) is 38.5 Å². The first-order chi connectivity index (χ1) is 15.5. The van der Waals surface area contributed by atoms with Gasteiger partial charge in [0.1, 0.15) is 5.82 Å². The van der Waals surface area contributed by atoms with Crippen molar-refractivity contribution in [2.75, 3.05) is 6.61 Å². The molecule has 3 aromatic carbocycles. The zero-order valence-electron chi connectivity index (χ0n) is 17.1. The van der Waals surface area contributed by atoms with Gasteiger partial charge in [0.15, 0.2) is 0 Å². The summed E-state index contributed by atoms with van der Waals surface area (Å²) in [4.78, 5) is 30.2. The molecule has 0 N–H and O–H groups in total. The average Bonchev–Trinajstić information content (AvgIpc) is 2.79. The number of esters is 1. The third-order valence-corrected chi connectivity index (χ3v) is 5.99. The van der Waals surface area contributed by atoms with Gasteiger partial charge >= 0.3 is 5.97 Å². The maximum absolute atomic E-state index is 13.5. The number of rotatable bonds is 5. The van der Waals surface area contributed by atoms with Crippen LogP contribution >= 0.6 is 38.5 Å². The van der Waals surface area contributed by atoms with E-state index < -0.39 is 5.97 Å². The smallest absolute Gasteiger partial charge is 0.338 e. The van der Waals surface area contributed by atoms with E-state index in [1.807, 2.05) is 54.6 Å². The van der Waals surface area contributed by atoms with Crippen LogP contribution in [0.25, 0.3) is 28.7 Å². The molecule has 0 saturated carbocycles. The highest BCUT2D eigenvalue weighted by molar-refractivity contribution is 14.1. The highest BCUT2D eigenvalue weighted by Gasteiger charge is 2.13. The van der Waals surface area contributed by atoms with E-state index >= 15 is 0 Å². The Hall–Kier alpha value is -2.78. The van der Waals surface area contributed by atoms with Gasteiger partial charge in [0.05, 0.1) is 28.8 Å². The van der Waals surface area contributed by atoms with Crippen molar-refractivity contribution >= 4 is 67.5 Å². The number of aromatic nitrogens is 2. The lowest BCUT2D eigenvalue weighted by Gasteiger charge is -2.12. The Morgan fingerprint density at radius 2 is 1.78 bits per heavy atom. The monoisotopic (exact) mass is 600 g/mol. The van der Waals surface area contributed by atoms with Crippen LogP contribution in [0, 0.1) is 3.57 Å². The normalized spacial score (nSPS) is 11.2. The molecule has 1 aromatic heterocycles. The summed E-state index contributed by atoms with van der Waals surface area (Å²) in [5.41, 5.74) is 2.48. The molecule has 0 bridgehead atoms. The van der Waals surface area contributed by atoms with Gasteiger partial charge in [0.25, 0.3) is 5.56 Å². The number of hydrogen-bond acceptors (Lipinski definition) is 4. The number of benzene rings is 3. The maximum Gasteiger partial charge on any atom is 0.338 e. The SMILES string of the molecule is CCOC(=O)c1ccc(-n2c(/C=C/c3ccc(Br)cc3)nc3ccc(I)cc3c2=O)cc1. The molecule has 160 valence electrons. The predicted octanol–water partition coefficient (Wildman–Crippen LogP) is 6.10. The summed E-state index contributed by atoms with van der Waals surface area (Å²) in [6, 6.07) is 20.2. The third kappa shape index (κ3) is 4.83. The molecule has 0 atom stereocenters. The summed E-state index contributed by atoms with van der Waals surface area (Å²) < 4.78 is 8.56. The van der Waals surface area contributed by atoms with Crippen molar-refractivity contribution in [1.29, 1.82) is 0 Å². The Morgan fingerprint density at radius 1 is 1.06 bits per heavy atom. The largest absolute Gasteiger partial charge is 0.462 e. The number of carbonyl (C=O) groups is 1. The number of carbonyl (C=O) groups excluding carboxylic acids is 1. The lowest BCUT2D eigenvalue weighted by Crippen LogP contribution is -2.22. The minimum Gasteiger partial charge on any atom is -0.462 e. The fraction of sp³-hybridized carbons (Fsp3) is 0.0800. The van der Waals surface area contributed by atoms with Gasteiger partial charge in [-0.3, -0.25) is 9.36 Å². The highest BCUT2D eigenvalue weighted by Crippen LogP contribution is 2.19. The van der Waals surface area contributed by atoms with Crippen LogP contribution < -0.4 is 5.56 Å². The number of halogens is 2. The second-order valence-corrected chi connectivity index (χ2v) is 9.09. The van der Waals surface area contributed by atoms with Crippen molar-refractivity contribution in [2.45, 2.75) is 6.92 Å². The maximum atomic E-state index is 13.5. The Balaban J connectivity index is 1.86. The quantitative estimate of drug-likeness (QED) is 0.205. The van der Waals surface area contributed by atoms with Crippen LogP contribution in [0.5, 0.6) is 0 Å². The molecule has 0 amide bonds.